The average molecular weight is 144 g/mol. The van der Waals surface area contributed by atoms with Crippen LogP contribution >= 0.6 is 11.6 Å². The molecule has 1 aromatic heterocycles. The summed E-state index contributed by atoms with van der Waals surface area (Å²) in [5.41, 5.74) is 4.61. The van der Waals surface area contributed by atoms with Crippen molar-refractivity contribution in [2.75, 3.05) is 0 Å². The van der Waals surface area contributed by atoms with Crippen LogP contribution in [0.1, 0.15) is 5.69 Å². The van der Waals surface area contributed by atoms with Gasteiger partial charge in [-0.3, -0.25) is 4.98 Å². The molecular weight excluding hydrogens is 136 g/mol. The van der Waals surface area contributed by atoms with Gasteiger partial charge in [0.05, 0.1) is 5.69 Å². The lowest BCUT2D eigenvalue weighted by atomic mass is 10.4. The Balaban J connectivity index is 2.94. The second-order valence-electron chi connectivity index (χ2n) is 1.72. The lowest BCUT2D eigenvalue weighted by Gasteiger charge is -1.91. The van der Waals surface area contributed by atoms with Gasteiger partial charge >= 0.3 is 0 Å². The van der Waals surface area contributed by atoms with Gasteiger partial charge in [0.25, 0.3) is 0 Å². The molecule has 0 saturated carbocycles. The molecule has 3 N–H and O–H groups in total. The molecule has 0 amide bonds. The van der Waals surface area contributed by atoms with E-state index in [-0.39, 0.29) is 0 Å². The van der Waals surface area contributed by atoms with Crippen molar-refractivity contribution in [1.29, 1.82) is 0 Å². The van der Waals surface area contributed by atoms with Crippen LogP contribution in [0.25, 0.3) is 0 Å². The van der Waals surface area contributed by atoms with Crippen LogP contribution < -0.4 is 5.73 Å². The zero-order valence-electron chi connectivity index (χ0n) is 4.97. The smallest absolute Gasteiger partial charge is 0.117 e. The molecule has 0 aliphatic rings. The largest absolute Gasteiger partial charge is 0.353 e. The van der Waals surface area contributed by atoms with E-state index in [9.17, 15) is 0 Å². The Morgan fingerprint density at radius 1 is 1.67 bits per heavy atom. The second kappa shape index (κ2) is 2.80. The molecular formula is C6H8ClN2+. The van der Waals surface area contributed by atoms with Crippen LogP contribution in [-0.4, -0.2) is 4.98 Å². The van der Waals surface area contributed by atoms with Gasteiger partial charge in [-0.2, -0.15) is 0 Å². The number of nitrogens with zero attached hydrogens (tertiary/aromatic N) is 1. The van der Waals surface area contributed by atoms with E-state index in [1.165, 1.54) is 0 Å². The first kappa shape index (κ1) is 6.52. The molecule has 0 aromatic carbocycles. The van der Waals surface area contributed by atoms with Crippen LogP contribution in [0.2, 0.25) is 5.02 Å². The summed E-state index contributed by atoms with van der Waals surface area (Å²) >= 11 is 5.66. The van der Waals surface area contributed by atoms with Gasteiger partial charge in [0.15, 0.2) is 0 Å². The molecule has 1 aromatic rings. The number of rotatable bonds is 1. The Kier molecular flexibility index (Phi) is 2.03. The highest BCUT2D eigenvalue weighted by Gasteiger charge is 1.91. The van der Waals surface area contributed by atoms with Crippen molar-refractivity contribution in [3.8, 4) is 0 Å². The third kappa shape index (κ3) is 1.66. The Morgan fingerprint density at radius 3 is 2.89 bits per heavy atom. The number of aromatic nitrogens is 1. The van der Waals surface area contributed by atoms with Gasteiger partial charge in [0.1, 0.15) is 6.54 Å². The van der Waals surface area contributed by atoms with E-state index in [4.69, 9.17) is 11.6 Å². The molecule has 9 heavy (non-hydrogen) atoms. The maximum atomic E-state index is 5.66. The van der Waals surface area contributed by atoms with Crippen molar-refractivity contribution in [3.63, 3.8) is 0 Å². The van der Waals surface area contributed by atoms with E-state index in [1.807, 2.05) is 6.07 Å². The van der Waals surface area contributed by atoms with Crippen molar-refractivity contribution in [1.82, 2.24) is 4.98 Å². The van der Waals surface area contributed by atoms with Crippen LogP contribution in [0.5, 0.6) is 0 Å². The first-order valence-electron chi connectivity index (χ1n) is 2.72. The van der Waals surface area contributed by atoms with Gasteiger partial charge in [0.2, 0.25) is 0 Å². The summed E-state index contributed by atoms with van der Waals surface area (Å²) in [5, 5.41) is 0.726. The molecule has 3 heteroatoms. The number of quaternary nitrogens is 1. The van der Waals surface area contributed by atoms with Gasteiger partial charge < -0.3 is 5.73 Å². The van der Waals surface area contributed by atoms with E-state index >= 15 is 0 Å². The Labute approximate surface area is 58.7 Å². The van der Waals surface area contributed by atoms with Crippen LogP contribution in [-0.2, 0) is 6.54 Å². The van der Waals surface area contributed by atoms with Crippen molar-refractivity contribution in [3.05, 3.63) is 29.0 Å². The Bertz CT molecular complexity index is 200. The minimum atomic E-state index is 0.695. The lowest BCUT2D eigenvalue weighted by molar-refractivity contribution is -0.387. The molecule has 0 saturated heterocycles. The molecule has 2 nitrogen and oxygen atoms in total. The monoisotopic (exact) mass is 143 g/mol. The SMILES string of the molecule is [NH3+]Cc1cc(Cl)ccn1. The molecule has 0 atom stereocenters. The quantitative estimate of drug-likeness (QED) is 0.610. The third-order valence-electron chi connectivity index (χ3n) is 1.03. The number of halogens is 1. The van der Waals surface area contributed by atoms with E-state index in [2.05, 4.69) is 10.7 Å². The lowest BCUT2D eigenvalue weighted by Crippen LogP contribution is -2.47. The molecule has 0 radical (unpaired) electrons. The van der Waals surface area contributed by atoms with Gasteiger partial charge in [0, 0.05) is 11.2 Å². The average Bonchev–Trinajstić information content (AvgIpc) is 1.88. The fourth-order valence-corrected chi connectivity index (χ4v) is 0.768. The first-order chi connectivity index (χ1) is 4.33. The molecule has 0 aliphatic carbocycles. The van der Waals surface area contributed by atoms with E-state index < -0.39 is 0 Å². The molecule has 0 aliphatic heterocycles. The van der Waals surface area contributed by atoms with Crippen molar-refractivity contribution >= 4 is 11.6 Å². The Morgan fingerprint density at radius 2 is 2.44 bits per heavy atom. The molecule has 0 spiro atoms. The van der Waals surface area contributed by atoms with Crippen molar-refractivity contribution in [2.24, 2.45) is 0 Å². The highest BCUT2D eigenvalue weighted by molar-refractivity contribution is 6.30. The molecule has 1 heterocycles. The minimum absolute atomic E-state index is 0.695. The molecule has 0 unspecified atom stereocenters. The number of hydrogen-bond acceptors (Lipinski definition) is 1. The number of pyridine rings is 1. The zero-order chi connectivity index (χ0) is 6.69. The summed E-state index contributed by atoms with van der Waals surface area (Å²) in [5.74, 6) is 0. The van der Waals surface area contributed by atoms with Gasteiger partial charge in [-0.15, -0.1) is 0 Å². The molecule has 48 valence electrons. The van der Waals surface area contributed by atoms with E-state index in [0.29, 0.717) is 6.54 Å². The summed E-state index contributed by atoms with van der Waals surface area (Å²) < 4.78 is 0. The van der Waals surface area contributed by atoms with Crippen LogP contribution in [0.4, 0.5) is 0 Å². The predicted octanol–water partition coefficient (Wildman–Crippen LogP) is 0.477. The maximum Gasteiger partial charge on any atom is 0.117 e. The first-order valence-corrected chi connectivity index (χ1v) is 3.10. The second-order valence-corrected chi connectivity index (χ2v) is 2.15. The van der Waals surface area contributed by atoms with E-state index in [0.717, 1.165) is 10.7 Å². The summed E-state index contributed by atoms with van der Waals surface area (Å²) in [4.78, 5) is 4.01. The normalized spacial score (nSPS) is 9.56. The molecule has 0 bridgehead atoms. The van der Waals surface area contributed by atoms with Gasteiger partial charge in [-0.1, -0.05) is 11.6 Å². The fourth-order valence-electron chi connectivity index (χ4n) is 0.585. The molecule has 0 fully saturated rings. The third-order valence-corrected chi connectivity index (χ3v) is 1.27. The fraction of sp³-hybridized carbons (Fsp3) is 0.167. The highest BCUT2D eigenvalue weighted by Crippen LogP contribution is 2.06. The zero-order valence-corrected chi connectivity index (χ0v) is 5.73. The van der Waals surface area contributed by atoms with Crippen LogP contribution in [0.15, 0.2) is 18.3 Å². The summed E-state index contributed by atoms with van der Waals surface area (Å²) in [6.45, 7) is 0.695. The van der Waals surface area contributed by atoms with Crippen molar-refractivity contribution in [2.45, 2.75) is 6.54 Å². The van der Waals surface area contributed by atoms with Crippen LogP contribution in [0, 0.1) is 0 Å². The van der Waals surface area contributed by atoms with Gasteiger partial charge in [-0.05, 0) is 12.1 Å². The topological polar surface area (TPSA) is 40.5 Å². The predicted molar refractivity (Wildman–Crippen MR) is 35.8 cm³/mol. The Hall–Kier alpha value is -0.600. The van der Waals surface area contributed by atoms with E-state index in [1.54, 1.807) is 12.3 Å². The summed E-state index contributed by atoms with van der Waals surface area (Å²) in [6, 6.07) is 3.56. The standard InChI is InChI=1S/C6H7ClN2/c7-5-1-2-9-6(3-5)4-8/h1-3H,4,8H2/p+1. The number of hydrogen-bond donors (Lipinski definition) is 1. The van der Waals surface area contributed by atoms with Crippen LogP contribution in [0.3, 0.4) is 0 Å². The molecule has 1 rings (SSSR count). The maximum absolute atomic E-state index is 5.66. The van der Waals surface area contributed by atoms with Gasteiger partial charge in [-0.25, -0.2) is 0 Å². The minimum Gasteiger partial charge on any atom is -0.353 e. The summed E-state index contributed by atoms with van der Waals surface area (Å²) in [6.07, 6.45) is 1.68. The summed E-state index contributed by atoms with van der Waals surface area (Å²) in [7, 11) is 0. The van der Waals surface area contributed by atoms with Crippen molar-refractivity contribution < 1.29 is 5.73 Å². The highest BCUT2D eigenvalue weighted by atomic mass is 35.5.